The summed E-state index contributed by atoms with van der Waals surface area (Å²) in [5.41, 5.74) is 6.12. The molecule has 6 amide bonds. The largest absolute Gasteiger partial charge is 0.445 e. The lowest BCUT2D eigenvalue weighted by Gasteiger charge is -2.22. The number of carbonyl (C=O) groups excluding carboxylic acids is 6. The van der Waals surface area contributed by atoms with E-state index in [2.05, 4.69) is 16.0 Å². The molecule has 0 heterocycles. The van der Waals surface area contributed by atoms with Gasteiger partial charge in [0.05, 0.1) is 6.54 Å². The van der Waals surface area contributed by atoms with Gasteiger partial charge in [-0.3, -0.25) is 28.9 Å². The summed E-state index contributed by atoms with van der Waals surface area (Å²) < 4.78 is 4.70. The quantitative estimate of drug-likeness (QED) is 0.154. The first-order valence-corrected chi connectivity index (χ1v) is 14.0. The molecule has 0 saturated heterocycles. The highest BCUT2D eigenvalue weighted by molar-refractivity contribution is 5.96. The van der Waals surface area contributed by atoms with Crippen molar-refractivity contribution in [2.45, 2.75) is 79.4 Å². The van der Waals surface area contributed by atoms with Crippen molar-refractivity contribution in [3.05, 3.63) is 29.8 Å². The molecular formula is C29H45N5O7. The van der Waals surface area contributed by atoms with Crippen molar-refractivity contribution in [3.63, 3.8) is 0 Å². The number of benzene rings is 1. The molecule has 0 saturated carbocycles. The Labute approximate surface area is 242 Å². The molecule has 0 bridgehead atoms. The average Bonchev–Trinajstić information content (AvgIpc) is 2.91. The molecule has 0 aliphatic rings. The Balaban J connectivity index is 2.41. The Morgan fingerprint density at radius 1 is 0.927 bits per heavy atom. The van der Waals surface area contributed by atoms with Crippen LogP contribution in [0.5, 0.6) is 0 Å². The van der Waals surface area contributed by atoms with Gasteiger partial charge in [0.1, 0.15) is 12.6 Å². The van der Waals surface area contributed by atoms with Gasteiger partial charge in [-0.2, -0.15) is 0 Å². The van der Waals surface area contributed by atoms with Crippen molar-refractivity contribution < 1.29 is 33.5 Å². The fourth-order valence-corrected chi connectivity index (χ4v) is 3.71. The predicted molar refractivity (Wildman–Crippen MR) is 154 cm³/mol. The summed E-state index contributed by atoms with van der Waals surface area (Å²) in [5.74, 6) is -1.09. The van der Waals surface area contributed by atoms with Gasteiger partial charge in [0.2, 0.25) is 30.0 Å². The average molecular weight is 576 g/mol. The molecule has 0 aromatic heterocycles. The normalized spacial score (nSPS) is 12.3. The van der Waals surface area contributed by atoms with Crippen LogP contribution in [-0.4, -0.2) is 60.2 Å². The van der Waals surface area contributed by atoms with E-state index >= 15 is 0 Å². The Morgan fingerprint density at radius 2 is 1.59 bits per heavy atom. The van der Waals surface area contributed by atoms with Gasteiger partial charge >= 0.3 is 6.09 Å². The second-order valence-corrected chi connectivity index (χ2v) is 10.8. The molecule has 228 valence electrons. The van der Waals surface area contributed by atoms with Crippen LogP contribution in [0.25, 0.3) is 0 Å². The van der Waals surface area contributed by atoms with E-state index in [1.807, 2.05) is 20.8 Å². The highest BCUT2D eigenvalue weighted by atomic mass is 16.5. The van der Waals surface area contributed by atoms with Gasteiger partial charge in [0.15, 0.2) is 0 Å². The maximum atomic E-state index is 12.7. The number of unbranched alkanes of at least 4 members (excludes halogenated alkanes) is 2. The van der Waals surface area contributed by atoms with Gasteiger partial charge in [-0.25, -0.2) is 4.79 Å². The van der Waals surface area contributed by atoms with Crippen molar-refractivity contribution in [1.29, 1.82) is 0 Å². The molecular weight excluding hydrogens is 530 g/mol. The number of carbonyl (C=O) groups is 6. The lowest BCUT2D eigenvalue weighted by molar-refractivity contribution is -0.139. The second-order valence-electron chi connectivity index (χ2n) is 10.8. The molecule has 1 aromatic carbocycles. The minimum absolute atomic E-state index is 0.0136. The zero-order valence-corrected chi connectivity index (χ0v) is 24.7. The molecule has 12 heteroatoms. The SMILES string of the molecule is CC(C)C(C)CC(=O)N(C=O)CCCCCC(=O)NC(C(=O)NCC(=O)Nc1ccc(COC(N)=O)cc1)C(C)C. The molecule has 0 aliphatic carbocycles. The summed E-state index contributed by atoms with van der Waals surface area (Å²) in [6, 6.07) is 5.75. The Hall–Kier alpha value is -3.96. The zero-order chi connectivity index (χ0) is 30.9. The summed E-state index contributed by atoms with van der Waals surface area (Å²) >= 11 is 0. The van der Waals surface area contributed by atoms with Crippen LogP contribution >= 0.6 is 0 Å². The number of ether oxygens (including phenoxy) is 1. The fraction of sp³-hybridized carbons (Fsp3) is 0.586. The van der Waals surface area contributed by atoms with Crippen LogP contribution in [0, 0.1) is 17.8 Å². The lowest BCUT2D eigenvalue weighted by atomic mass is 9.94. The Kier molecular flexibility index (Phi) is 15.7. The minimum atomic E-state index is -0.882. The molecule has 1 rings (SSSR count). The maximum absolute atomic E-state index is 12.7. The third kappa shape index (κ3) is 14.3. The van der Waals surface area contributed by atoms with E-state index in [1.54, 1.807) is 38.1 Å². The molecule has 2 atom stereocenters. The van der Waals surface area contributed by atoms with Crippen LogP contribution in [0.4, 0.5) is 10.5 Å². The molecule has 0 radical (unpaired) electrons. The van der Waals surface area contributed by atoms with Crippen molar-refractivity contribution in [3.8, 4) is 0 Å². The van der Waals surface area contributed by atoms with E-state index in [-0.39, 0.29) is 43.2 Å². The second kappa shape index (κ2) is 18.4. The smallest absolute Gasteiger partial charge is 0.404 e. The number of imide groups is 1. The maximum Gasteiger partial charge on any atom is 0.404 e. The number of amides is 6. The van der Waals surface area contributed by atoms with Gasteiger partial charge in [-0.1, -0.05) is 53.2 Å². The van der Waals surface area contributed by atoms with Crippen molar-refractivity contribution >= 4 is 41.8 Å². The monoisotopic (exact) mass is 575 g/mol. The Morgan fingerprint density at radius 3 is 2.15 bits per heavy atom. The number of anilines is 1. The predicted octanol–water partition coefficient (Wildman–Crippen LogP) is 2.71. The molecule has 5 N–H and O–H groups in total. The third-order valence-electron chi connectivity index (χ3n) is 6.69. The molecule has 0 spiro atoms. The topological polar surface area (TPSA) is 177 Å². The number of rotatable bonds is 18. The fourth-order valence-electron chi connectivity index (χ4n) is 3.71. The van der Waals surface area contributed by atoms with E-state index in [1.165, 1.54) is 4.90 Å². The van der Waals surface area contributed by atoms with Crippen LogP contribution in [0.1, 0.15) is 72.3 Å². The summed E-state index contributed by atoms with van der Waals surface area (Å²) in [4.78, 5) is 72.9. The van der Waals surface area contributed by atoms with Crippen molar-refractivity contribution in [1.82, 2.24) is 15.5 Å². The highest BCUT2D eigenvalue weighted by Gasteiger charge is 2.24. The van der Waals surface area contributed by atoms with Crippen LogP contribution in [0.3, 0.4) is 0 Å². The number of nitrogens with one attached hydrogen (secondary N) is 3. The van der Waals surface area contributed by atoms with E-state index in [0.29, 0.717) is 55.8 Å². The number of nitrogens with zero attached hydrogens (tertiary/aromatic N) is 1. The summed E-state index contributed by atoms with van der Waals surface area (Å²) in [7, 11) is 0. The zero-order valence-electron chi connectivity index (χ0n) is 24.7. The minimum Gasteiger partial charge on any atom is -0.445 e. The summed E-state index contributed by atoms with van der Waals surface area (Å²) in [6.07, 6.45) is 1.96. The van der Waals surface area contributed by atoms with Gasteiger partial charge in [0, 0.05) is 25.1 Å². The van der Waals surface area contributed by atoms with Gasteiger partial charge < -0.3 is 26.4 Å². The first kappa shape index (κ1) is 35.1. The standard InChI is InChI=1S/C29H45N5O7/c1-19(2)21(5)15-26(38)34(18-35)14-8-6-7-9-24(36)33-27(20(3)4)28(39)31-16-25(37)32-23-12-10-22(11-13-23)17-41-29(30)40/h10-13,18-21,27H,6-9,14-17H2,1-5H3,(H2,30,40)(H,31,39)(H,32,37)(H,33,36). The van der Waals surface area contributed by atoms with Crippen molar-refractivity contribution in [2.75, 3.05) is 18.4 Å². The van der Waals surface area contributed by atoms with Crippen LogP contribution < -0.4 is 21.7 Å². The first-order chi connectivity index (χ1) is 19.3. The van der Waals surface area contributed by atoms with Gasteiger partial charge in [-0.05, 0) is 48.3 Å². The van der Waals surface area contributed by atoms with E-state index in [4.69, 9.17) is 10.5 Å². The summed E-state index contributed by atoms with van der Waals surface area (Å²) in [6.45, 7) is 9.67. The van der Waals surface area contributed by atoms with Gasteiger partial charge in [0.25, 0.3) is 0 Å². The molecule has 1 aromatic rings. The van der Waals surface area contributed by atoms with Crippen LogP contribution in [0.15, 0.2) is 24.3 Å². The van der Waals surface area contributed by atoms with E-state index in [0.717, 1.165) is 0 Å². The lowest BCUT2D eigenvalue weighted by Crippen LogP contribution is -2.51. The molecule has 2 unspecified atom stereocenters. The highest BCUT2D eigenvalue weighted by Crippen LogP contribution is 2.15. The van der Waals surface area contributed by atoms with Crippen LogP contribution in [-0.2, 0) is 35.3 Å². The molecule has 41 heavy (non-hydrogen) atoms. The van der Waals surface area contributed by atoms with E-state index < -0.39 is 23.9 Å². The van der Waals surface area contributed by atoms with Crippen molar-refractivity contribution in [2.24, 2.45) is 23.5 Å². The molecule has 0 fully saturated rings. The summed E-state index contributed by atoms with van der Waals surface area (Å²) in [5, 5.41) is 7.93. The number of hydrogen-bond donors (Lipinski definition) is 4. The Bertz CT molecular complexity index is 1030. The number of nitrogens with two attached hydrogens (primary N) is 1. The number of hydrogen-bond acceptors (Lipinski definition) is 7. The van der Waals surface area contributed by atoms with Crippen LogP contribution in [0.2, 0.25) is 0 Å². The first-order valence-electron chi connectivity index (χ1n) is 14.0. The van der Waals surface area contributed by atoms with Gasteiger partial charge in [-0.15, -0.1) is 0 Å². The third-order valence-corrected chi connectivity index (χ3v) is 6.69. The molecule has 12 nitrogen and oxygen atoms in total. The number of primary amides is 1. The van der Waals surface area contributed by atoms with E-state index in [9.17, 15) is 28.8 Å². The molecule has 0 aliphatic heterocycles.